The molecule has 0 amide bonds. The summed E-state index contributed by atoms with van der Waals surface area (Å²) in [4.78, 5) is 0. The van der Waals surface area contributed by atoms with Crippen LogP contribution in [0.25, 0.3) is 0 Å². The molecule has 0 aromatic heterocycles. The summed E-state index contributed by atoms with van der Waals surface area (Å²) in [6, 6.07) is 4.47. The number of piperidine rings is 1. The van der Waals surface area contributed by atoms with E-state index in [1.807, 2.05) is 0 Å². The van der Waals surface area contributed by atoms with Gasteiger partial charge in [-0.2, -0.15) is 0 Å². The van der Waals surface area contributed by atoms with Gasteiger partial charge in [0.25, 0.3) is 0 Å². The van der Waals surface area contributed by atoms with E-state index in [1.54, 1.807) is 6.07 Å². The second kappa shape index (κ2) is 6.22. The first kappa shape index (κ1) is 12.7. The summed E-state index contributed by atoms with van der Waals surface area (Å²) in [5, 5.41) is 3.49. The summed E-state index contributed by atoms with van der Waals surface area (Å²) in [5.41, 5.74) is 0. The Bertz CT molecular complexity index is 366. The quantitative estimate of drug-likeness (QED) is 0.894. The molecule has 0 spiro atoms. The average Bonchev–Trinajstić information content (AvgIpc) is 2.35. The lowest BCUT2D eigenvalue weighted by Crippen LogP contribution is -2.30. The fraction of sp³-hybridized carbons (Fsp3) is 0.538. The molecule has 1 atom stereocenters. The van der Waals surface area contributed by atoms with Gasteiger partial charge in [0.2, 0.25) is 0 Å². The molecule has 0 saturated carbocycles. The molecule has 0 aliphatic carbocycles. The molecule has 1 unspecified atom stereocenters. The normalized spacial score (nSPS) is 20.2. The summed E-state index contributed by atoms with van der Waals surface area (Å²) in [5.74, 6) is 0.926. The highest BCUT2D eigenvalue weighted by molar-refractivity contribution is 6.30. The van der Waals surface area contributed by atoms with E-state index in [1.165, 1.54) is 25.0 Å². The monoisotopic (exact) mass is 257 g/mol. The Kier molecular flexibility index (Phi) is 4.63. The summed E-state index contributed by atoms with van der Waals surface area (Å²) in [6.45, 7) is 2.87. The van der Waals surface area contributed by atoms with Gasteiger partial charge in [-0.1, -0.05) is 11.6 Å². The highest BCUT2D eigenvalue weighted by Gasteiger charge is 2.12. The molecule has 0 bridgehead atoms. The third kappa shape index (κ3) is 3.86. The highest BCUT2D eigenvalue weighted by Crippen LogP contribution is 2.22. The Morgan fingerprint density at radius 3 is 3.06 bits per heavy atom. The van der Waals surface area contributed by atoms with E-state index in [-0.39, 0.29) is 5.02 Å². The molecule has 2 rings (SSSR count). The van der Waals surface area contributed by atoms with Crippen LogP contribution in [0.1, 0.15) is 19.3 Å². The number of halogens is 2. The standard InChI is InChI=1S/C13H17ClFNO/c14-12-8-11(3-4-13(12)15)17-7-5-10-2-1-6-16-9-10/h3-4,8,10,16H,1-2,5-7,9H2. The first-order chi connectivity index (χ1) is 8.25. The number of rotatable bonds is 4. The summed E-state index contributed by atoms with van der Waals surface area (Å²) < 4.78 is 18.5. The smallest absolute Gasteiger partial charge is 0.142 e. The zero-order chi connectivity index (χ0) is 12.1. The van der Waals surface area contributed by atoms with Crippen LogP contribution in [-0.2, 0) is 0 Å². The van der Waals surface area contributed by atoms with Crippen molar-refractivity contribution in [1.29, 1.82) is 0 Å². The van der Waals surface area contributed by atoms with Crippen LogP contribution in [0, 0.1) is 11.7 Å². The lowest BCUT2D eigenvalue weighted by Gasteiger charge is -2.22. The Labute approximate surface area is 106 Å². The van der Waals surface area contributed by atoms with Crippen molar-refractivity contribution in [3.05, 3.63) is 29.0 Å². The molecule has 2 nitrogen and oxygen atoms in total. The molecule has 94 valence electrons. The summed E-state index contributed by atoms with van der Waals surface area (Å²) >= 11 is 5.68. The van der Waals surface area contributed by atoms with Gasteiger partial charge in [-0.3, -0.25) is 0 Å². The van der Waals surface area contributed by atoms with Crippen molar-refractivity contribution in [1.82, 2.24) is 5.32 Å². The Hall–Kier alpha value is -0.800. The maximum Gasteiger partial charge on any atom is 0.142 e. The lowest BCUT2D eigenvalue weighted by molar-refractivity contribution is 0.254. The van der Waals surface area contributed by atoms with E-state index in [2.05, 4.69) is 5.32 Å². The molecule has 0 radical (unpaired) electrons. The minimum Gasteiger partial charge on any atom is -0.494 e. The average molecular weight is 258 g/mol. The topological polar surface area (TPSA) is 21.3 Å². The first-order valence-corrected chi connectivity index (χ1v) is 6.42. The van der Waals surface area contributed by atoms with Gasteiger partial charge in [-0.25, -0.2) is 4.39 Å². The molecule has 1 fully saturated rings. The van der Waals surface area contributed by atoms with Crippen molar-refractivity contribution in [2.24, 2.45) is 5.92 Å². The van der Waals surface area contributed by atoms with Crippen molar-refractivity contribution in [2.75, 3.05) is 19.7 Å². The van der Waals surface area contributed by atoms with Crippen LogP contribution >= 0.6 is 11.6 Å². The SMILES string of the molecule is Fc1ccc(OCCC2CCCNC2)cc1Cl. The maximum atomic E-state index is 12.9. The molecule has 1 aliphatic rings. The Balaban J connectivity index is 1.75. The Morgan fingerprint density at radius 1 is 1.47 bits per heavy atom. The predicted molar refractivity (Wildman–Crippen MR) is 67.1 cm³/mol. The van der Waals surface area contributed by atoms with Gasteiger partial charge in [-0.05, 0) is 50.4 Å². The van der Waals surface area contributed by atoms with Crippen LogP contribution in [0.15, 0.2) is 18.2 Å². The van der Waals surface area contributed by atoms with Crippen LogP contribution in [0.3, 0.4) is 0 Å². The van der Waals surface area contributed by atoms with Crippen LogP contribution in [0.2, 0.25) is 5.02 Å². The van der Waals surface area contributed by atoms with E-state index >= 15 is 0 Å². The van der Waals surface area contributed by atoms with E-state index in [4.69, 9.17) is 16.3 Å². The fourth-order valence-corrected chi connectivity index (χ4v) is 2.25. The second-order valence-corrected chi connectivity index (χ2v) is 4.83. The minimum absolute atomic E-state index is 0.113. The van der Waals surface area contributed by atoms with Crippen molar-refractivity contribution in [3.63, 3.8) is 0 Å². The zero-order valence-corrected chi connectivity index (χ0v) is 10.5. The van der Waals surface area contributed by atoms with E-state index in [9.17, 15) is 4.39 Å². The van der Waals surface area contributed by atoms with Gasteiger partial charge in [0, 0.05) is 6.07 Å². The van der Waals surface area contributed by atoms with Crippen molar-refractivity contribution < 1.29 is 9.13 Å². The molecular weight excluding hydrogens is 241 g/mol. The van der Waals surface area contributed by atoms with Gasteiger partial charge in [0.15, 0.2) is 0 Å². The summed E-state index contributed by atoms with van der Waals surface area (Å²) in [7, 11) is 0. The lowest BCUT2D eigenvalue weighted by atomic mass is 9.97. The molecular formula is C13H17ClFNO. The van der Waals surface area contributed by atoms with Gasteiger partial charge in [0.1, 0.15) is 11.6 Å². The van der Waals surface area contributed by atoms with Gasteiger partial charge in [0.05, 0.1) is 11.6 Å². The molecule has 4 heteroatoms. The number of nitrogens with one attached hydrogen (secondary N) is 1. The van der Waals surface area contributed by atoms with E-state index in [0.717, 1.165) is 19.5 Å². The molecule has 1 aliphatic heterocycles. The molecule has 1 aromatic rings. The molecule has 1 N–H and O–H groups in total. The van der Waals surface area contributed by atoms with Crippen LogP contribution < -0.4 is 10.1 Å². The largest absolute Gasteiger partial charge is 0.494 e. The van der Waals surface area contributed by atoms with Gasteiger partial charge >= 0.3 is 0 Å². The van der Waals surface area contributed by atoms with E-state index in [0.29, 0.717) is 18.3 Å². The molecule has 1 heterocycles. The van der Waals surface area contributed by atoms with Crippen LogP contribution in [0.5, 0.6) is 5.75 Å². The van der Waals surface area contributed by atoms with Crippen LogP contribution in [0.4, 0.5) is 4.39 Å². The second-order valence-electron chi connectivity index (χ2n) is 4.43. The molecule has 1 aromatic carbocycles. The zero-order valence-electron chi connectivity index (χ0n) is 9.72. The molecule has 17 heavy (non-hydrogen) atoms. The van der Waals surface area contributed by atoms with Crippen molar-refractivity contribution in [3.8, 4) is 5.75 Å². The third-order valence-corrected chi connectivity index (χ3v) is 3.37. The van der Waals surface area contributed by atoms with Crippen LogP contribution in [-0.4, -0.2) is 19.7 Å². The van der Waals surface area contributed by atoms with E-state index < -0.39 is 5.82 Å². The van der Waals surface area contributed by atoms with Gasteiger partial charge < -0.3 is 10.1 Å². The highest BCUT2D eigenvalue weighted by atomic mass is 35.5. The summed E-state index contributed by atoms with van der Waals surface area (Å²) in [6.07, 6.45) is 3.54. The fourth-order valence-electron chi connectivity index (χ4n) is 2.08. The molecule has 1 saturated heterocycles. The third-order valence-electron chi connectivity index (χ3n) is 3.08. The number of benzene rings is 1. The number of hydrogen-bond acceptors (Lipinski definition) is 2. The first-order valence-electron chi connectivity index (χ1n) is 6.04. The maximum absolute atomic E-state index is 12.9. The number of ether oxygens (including phenoxy) is 1. The van der Waals surface area contributed by atoms with Crippen molar-refractivity contribution in [2.45, 2.75) is 19.3 Å². The Morgan fingerprint density at radius 2 is 2.35 bits per heavy atom. The van der Waals surface area contributed by atoms with Gasteiger partial charge in [-0.15, -0.1) is 0 Å². The number of hydrogen-bond donors (Lipinski definition) is 1. The predicted octanol–water partition coefficient (Wildman–Crippen LogP) is 3.25. The van der Waals surface area contributed by atoms with Crippen molar-refractivity contribution >= 4 is 11.6 Å². The minimum atomic E-state index is -0.407.